The third kappa shape index (κ3) is 43.2. The van der Waals surface area contributed by atoms with Gasteiger partial charge in [0.15, 0.2) is 18.9 Å². The molecule has 0 aromatic heterocycles. The number of ether oxygens (including phenoxy) is 6. The number of allylic oxidation sites excluding steroid dienone is 3. The lowest BCUT2D eigenvalue weighted by molar-refractivity contribution is -0.379. The first-order valence-electron chi connectivity index (χ1n) is 42.1. The topological polar surface area (TPSA) is 307 Å². The summed E-state index contributed by atoms with van der Waals surface area (Å²) in [4.78, 5) is 13.5. The van der Waals surface area contributed by atoms with E-state index in [0.29, 0.717) is 12.8 Å². The highest BCUT2D eigenvalue weighted by Crippen LogP contribution is 2.33. The van der Waals surface area contributed by atoms with Crippen molar-refractivity contribution in [3.8, 4) is 0 Å². The maximum atomic E-state index is 13.5. The molecule has 0 aromatic rings. The first kappa shape index (κ1) is 93.5. The van der Waals surface area contributed by atoms with Crippen LogP contribution in [0.3, 0.4) is 0 Å². The van der Waals surface area contributed by atoms with Gasteiger partial charge in [0.05, 0.1) is 38.6 Å². The van der Waals surface area contributed by atoms with Gasteiger partial charge in [-0.15, -0.1) is 0 Å². The van der Waals surface area contributed by atoms with Crippen LogP contribution in [0.4, 0.5) is 0 Å². The summed E-state index contributed by atoms with van der Waals surface area (Å²) in [6.07, 6.45) is 50.6. The van der Waals surface area contributed by atoms with Crippen molar-refractivity contribution in [1.29, 1.82) is 0 Å². The molecule has 17 atom stereocenters. The van der Waals surface area contributed by atoms with Gasteiger partial charge in [-0.2, -0.15) is 0 Å². The summed E-state index contributed by atoms with van der Waals surface area (Å²) in [5.74, 6) is -0.277. The third-order valence-corrected chi connectivity index (χ3v) is 21.3. The molecule has 1 amide bonds. The minimum absolute atomic E-state index is 0.241. The molecular formula is C82H155NO18. The smallest absolute Gasteiger partial charge is 0.220 e. The van der Waals surface area contributed by atoms with Crippen molar-refractivity contribution in [3.05, 3.63) is 24.3 Å². The summed E-state index contributed by atoms with van der Waals surface area (Å²) in [7, 11) is 0. The number of aliphatic hydroxyl groups excluding tert-OH is 11. The van der Waals surface area contributed by atoms with Gasteiger partial charge in [-0.05, 0) is 32.1 Å². The van der Waals surface area contributed by atoms with Crippen LogP contribution in [0.2, 0.25) is 0 Å². The van der Waals surface area contributed by atoms with Crippen LogP contribution in [-0.2, 0) is 33.2 Å². The van der Waals surface area contributed by atoms with Gasteiger partial charge in [-0.25, -0.2) is 0 Å². The zero-order valence-electron chi connectivity index (χ0n) is 63.9. The number of carbonyl (C=O) groups excluding carboxylic acids is 1. The third-order valence-electron chi connectivity index (χ3n) is 21.3. The highest BCUT2D eigenvalue weighted by molar-refractivity contribution is 5.76. The lowest BCUT2D eigenvalue weighted by Crippen LogP contribution is -2.66. The number of rotatable bonds is 68. The lowest BCUT2D eigenvalue weighted by atomic mass is 9.96. The normalized spacial score (nSPS) is 26.4. The standard InChI is InChI=1S/C82H155NO18/c1-3-5-7-9-11-13-15-17-19-21-23-24-25-26-27-28-29-30-31-32-33-34-35-36-37-38-39-40-41-42-44-46-48-50-52-54-56-58-60-70(88)83-65(66(87)59-57-55-53-51-49-47-45-43-22-20-18-16-14-12-10-8-6-4-2)64-96-80-76(94)73(91)78(68(62-85)98-80)101-82-77(95)74(92)79(69(63-86)99-82)100-81-75(93)72(90)71(89)67(61-84)97-81/h49,51,57,59,65-69,71-82,84-87,89-95H,3-48,50,52-56,58,60-64H2,1-2H3,(H,83,88)/b51-49+,59-57+. The van der Waals surface area contributed by atoms with Crippen LogP contribution in [0.5, 0.6) is 0 Å². The van der Waals surface area contributed by atoms with E-state index in [0.717, 1.165) is 38.5 Å². The van der Waals surface area contributed by atoms with Gasteiger partial charge in [0.2, 0.25) is 5.91 Å². The van der Waals surface area contributed by atoms with Crippen LogP contribution in [-0.4, -0.2) is 193 Å². The summed E-state index contributed by atoms with van der Waals surface area (Å²) in [6.45, 7) is 1.77. The summed E-state index contributed by atoms with van der Waals surface area (Å²) < 4.78 is 34.4. The van der Waals surface area contributed by atoms with Gasteiger partial charge in [0.1, 0.15) is 73.2 Å². The molecule has 0 radical (unpaired) electrons. The van der Waals surface area contributed by atoms with Gasteiger partial charge in [-0.1, -0.05) is 346 Å². The van der Waals surface area contributed by atoms with Crippen LogP contribution in [0.1, 0.15) is 361 Å². The van der Waals surface area contributed by atoms with Gasteiger partial charge in [-0.3, -0.25) is 4.79 Å². The highest BCUT2D eigenvalue weighted by Gasteiger charge is 2.54. The second kappa shape index (κ2) is 63.2. The van der Waals surface area contributed by atoms with Crippen molar-refractivity contribution >= 4 is 5.91 Å². The molecule has 12 N–H and O–H groups in total. The molecule has 0 spiro atoms. The Labute approximate surface area is 613 Å². The minimum Gasteiger partial charge on any atom is -0.394 e. The van der Waals surface area contributed by atoms with Crippen LogP contribution in [0.15, 0.2) is 24.3 Å². The van der Waals surface area contributed by atoms with Crippen molar-refractivity contribution in [2.45, 2.75) is 465 Å². The zero-order valence-corrected chi connectivity index (χ0v) is 63.9. The number of carbonyl (C=O) groups is 1. The Morgan fingerprint density at radius 2 is 0.634 bits per heavy atom. The number of aliphatic hydroxyl groups is 11. The number of hydrogen-bond donors (Lipinski definition) is 12. The molecule has 3 aliphatic rings. The van der Waals surface area contributed by atoms with Crippen molar-refractivity contribution < 1.29 is 89.4 Å². The largest absolute Gasteiger partial charge is 0.394 e. The zero-order chi connectivity index (χ0) is 73.2. The van der Waals surface area contributed by atoms with E-state index in [4.69, 9.17) is 28.4 Å². The lowest BCUT2D eigenvalue weighted by Gasteiger charge is -2.48. The Bertz CT molecular complexity index is 1920. The molecule has 0 saturated carbocycles. The fourth-order valence-corrected chi connectivity index (χ4v) is 14.5. The number of amides is 1. The van der Waals surface area contributed by atoms with E-state index < -0.39 is 124 Å². The molecule has 3 rings (SSSR count). The average molecular weight is 1440 g/mol. The molecule has 3 aliphatic heterocycles. The number of unbranched alkanes of at least 4 members (excludes halogenated alkanes) is 50. The Balaban J connectivity index is 1.30. The van der Waals surface area contributed by atoms with Crippen LogP contribution < -0.4 is 5.32 Å². The number of hydrogen-bond acceptors (Lipinski definition) is 18. The fraction of sp³-hybridized carbons (Fsp3) is 0.939. The monoisotopic (exact) mass is 1440 g/mol. The molecule has 0 bridgehead atoms. The van der Waals surface area contributed by atoms with E-state index in [1.165, 1.54) is 289 Å². The predicted molar refractivity (Wildman–Crippen MR) is 402 cm³/mol. The first-order valence-corrected chi connectivity index (χ1v) is 42.1. The molecular weight excluding hydrogens is 1290 g/mol. The second-order valence-electron chi connectivity index (χ2n) is 30.3. The second-order valence-corrected chi connectivity index (χ2v) is 30.3. The SMILES string of the molecule is CCCCCCCCCCCCCC/C=C/CC/C=C/C(O)C(COC1OC(CO)C(OC2OC(CO)C(OC3OC(CO)C(O)C(O)C3O)C(O)C2O)C(O)C1O)NC(=O)CCCCCCCCCCCCCCCCCCCCCCCCCCCCCCCCCCCCCCCC. The molecule has 3 heterocycles. The Hall–Kier alpha value is -1.73. The average Bonchev–Trinajstić information content (AvgIpc) is 0.783. The van der Waals surface area contributed by atoms with Gasteiger partial charge in [0, 0.05) is 6.42 Å². The van der Waals surface area contributed by atoms with E-state index in [1.807, 2.05) is 6.08 Å². The minimum atomic E-state index is -1.98. The molecule has 19 heteroatoms. The quantitative estimate of drug-likeness (QED) is 0.0199. The Morgan fingerprint density at radius 1 is 0.347 bits per heavy atom. The maximum absolute atomic E-state index is 13.5. The van der Waals surface area contributed by atoms with Crippen molar-refractivity contribution in [3.63, 3.8) is 0 Å². The molecule has 19 nitrogen and oxygen atoms in total. The van der Waals surface area contributed by atoms with E-state index >= 15 is 0 Å². The maximum Gasteiger partial charge on any atom is 0.220 e. The van der Waals surface area contributed by atoms with E-state index in [-0.39, 0.29) is 18.9 Å². The number of nitrogens with one attached hydrogen (secondary N) is 1. The van der Waals surface area contributed by atoms with E-state index in [2.05, 4.69) is 31.3 Å². The van der Waals surface area contributed by atoms with Gasteiger partial charge >= 0.3 is 0 Å². The molecule has 0 aromatic carbocycles. The van der Waals surface area contributed by atoms with Crippen molar-refractivity contribution in [2.24, 2.45) is 0 Å². The molecule has 17 unspecified atom stereocenters. The molecule has 596 valence electrons. The summed E-state index contributed by atoms with van der Waals surface area (Å²) in [5, 5.41) is 121. The van der Waals surface area contributed by atoms with Crippen molar-refractivity contribution in [2.75, 3.05) is 26.4 Å². The Kier molecular flexibility index (Phi) is 58.5. The fourth-order valence-electron chi connectivity index (χ4n) is 14.5. The van der Waals surface area contributed by atoms with E-state index in [9.17, 15) is 61.0 Å². The highest BCUT2D eigenvalue weighted by atomic mass is 16.8. The van der Waals surface area contributed by atoms with Crippen LogP contribution in [0, 0.1) is 0 Å². The molecule has 0 aliphatic carbocycles. The Morgan fingerprint density at radius 3 is 0.990 bits per heavy atom. The van der Waals surface area contributed by atoms with E-state index in [1.54, 1.807) is 6.08 Å². The molecule has 101 heavy (non-hydrogen) atoms. The molecule has 3 fully saturated rings. The summed E-state index contributed by atoms with van der Waals surface area (Å²) >= 11 is 0. The van der Waals surface area contributed by atoms with Crippen LogP contribution >= 0.6 is 0 Å². The molecule has 3 saturated heterocycles. The van der Waals surface area contributed by atoms with Gasteiger partial charge < -0.3 is 89.9 Å². The summed E-state index contributed by atoms with van der Waals surface area (Å²) in [6, 6.07) is -0.988. The van der Waals surface area contributed by atoms with Crippen LogP contribution in [0.25, 0.3) is 0 Å². The van der Waals surface area contributed by atoms with Gasteiger partial charge in [0.25, 0.3) is 0 Å². The summed E-state index contributed by atoms with van der Waals surface area (Å²) in [5.41, 5.74) is 0. The predicted octanol–water partition coefficient (Wildman–Crippen LogP) is 14.5. The first-order chi connectivity index (χ1) is 49.3. The van der Waals surface area contributed by atoms with Crippen molar-refractivity contribution in [1.82, 2.24) is 5.32 Å².